The maximum Gasteiger partial charge on any atom is 0.0597 e. The average molecular weight is 158 g/mol. The van der Waals surface area contributed by atoms with Gasteiger partial charge >= 0.3 is 0 Å². The first-order valence-electron chi connectivity index (χ1n) is 4.31. The van der Waals surface area contributed by atoms with Crippen LogP contribution in [-0.2, 0) is 0 Å². The Morgan fingerprint density at radius 1 is 1.36 bits per heavy atom. The number of aliphatic hydroxyl groups is 1. The van der Waals surface area contributed by atoms with Gasteiger partial charge in [0.2, 0.25) is 0 Å². The van der Waals surface area contributed by atoms with Gasteiger partial charge in [-0.25, -0.2) is 0 Å². The monoisotopic (exact) mass is 158 g/mol. The first kappa shape index (κ1) is 8.97. The summed E-state index contributed by atoms with van der Waals surface area (Å²) in [5.41, 5.74) is 0. The van der Waals surface area contributed by atoms with Gasteiger partial charge < -0.3 is 15.7 Å². The fourth-order valence-electron chi connectivity index (χ4n) is 1.33. The summed E-state index contributed by atoms with van der Waals surface area (Å²) >= 11 is 0. The SMILES string of the molecule is CC(C)C1CNC(CO)CN1. The summed E-state index contributed by atoms with van der Waals surface area (Å²) in [5.74, 6) is 0.669. The molecule has 0 aromatic carbocycles. The molecule has 0 aliphatic carbocycles. The van der Waals surface area contributed by atoms with Crippen molar-refractivity contribution in [3.05, 3.63) is 0 Å². The Hall–Kier alpha value is -0.120. The maximum atomic E-state index is 8.81. The van der Waals surface area contributed by atoms with Crippen molar-refractivity contribution < 1.29 is 5.11 Å². The predicted octanol–water partition coefficient (Wildman–Crippen LogP) is -0.435. The van der Waals surface area contributed by atoms with E-state index in [0.717, 1.165) is 13.1 Å². The largest absolute Gasteiger partial charge is 0.395 e. The quantitative estimate of drug-likeness (QED) is 0.511. The van der Waals surface area contributed by atoms with Crippen LogP contribution in [0.1, 0.15) is 13.8 Å². The fraction of sp³-hybridized carbons (Fsp3) is 1.00. The summed E-state index contributed by atoms with van der Waals surface area (Å²) in [5, 5.41) is 15.5. The summed E-state index contributed by atoms with van der Waals surface area (Å²) in [6, 6.07) is 0.822. The Morgan fingerprint density at radius 2 is 2.09 bits per heavy atom. The van der Waals surface area contributed by atoms with Gasteiger partial charge in [-0.15, -0.1) is 0 Å². The fourth-order valence-corrected chi connectivity index (χ4v) is 1.33. The molecule has 66 valence electrons. The Morgan fingerprint density at radius 3 is 2.45 bits per heavy atom. The molecule has 0 spiro atoms. The van der Waals surface area contributed by atoms with Crippen LogP contribution in [0.2, 0.25) is 0 Å². The van der Waals surface area contributed by atoms with Crippen LogP contribution in [0.3, 0.4) is 0 Å². The molecule has 3 nitrogen and oxygen atoms in total. The van der Waals surface area contributed by atoms with E-state index >= 15 is 0 Å². The molecule has 2 atom stereocenters. The van der Waals surface area contributed by atoms with E-state index in [2.05, 4.69) is 24.5 Å². The summed E-state index contributed by atoms with van der Waals surface area (Å²) in [4.78, 5) is 0. The Labute approximate surface area is 68.2 Å². The zero-order valence-corrected chi connectivity index (χ0v) is 7.30. The van der Waals surface area contributed by atoms with E-state index < -0.39 is 0 Å². The third-order valence-corrected chi connectivity index (χ3v) is 2.28. The van der Waals surface area contributed by atoms with Crippen LogP contribution < -0.4 is 10.6 Å². The molecule has 1 aliphatic rings. The Bertz CT molecular complexity index is 109. The van der Waals surface area contributed by atoms with Gasteiger partial charge in [0, 0.05) is 25.2 Å². The smallest absolute Gasteiger partial charge is 0.0597 e. The van der Waals surface area contributed by atoms with Crippen LogP contribution in [0.15, 0.2) is 0 Å². The minimum absolute atomic E-state index is 0.234. The van der Waals surface area contributed by atoms with Crippen molar-refractivity contribution in [1.82, 2.24) is 10.6 Å². The van der Waals surface area contributed by atoms with Crippen molar-refractivity contribution in [2.75, 3.05) is 19.7 Å². The third kappa shape index (κ3) is 2.43. The molecule has 0 amide bonds. The molecule has 0 aromatic heterocycles. The molecular formula is C8H18N2O. The van der Waals surface area contributed by atoms with Crippen molar-refractivity contribution in [2.24, 2.45) is 5.92 Å². The molecule has 2 unspecified atom stereocenters. The molecule has 11 heavy (non-hydrogen) atoms. The number of aliphatic hydroxyl groups excluding tert-OH is 1. The van der Waals surface area contributed by atoms with Crippen molar-refractivity contribution in [1.29, 1.82) is 0 Å². The molecule has 3 heteroatoms. The summed E-state index contributed by atoms with van der Waals surface area (Å²) in [6.07, 6.45) is 0. The first-order valence-corrected chi connectivity index (χ1v) is 4.31. The first-order chi connectivity index (χ1) is 5.24. The van der Waals surface area contributed by atoms with Crippen LogP contribution in [0.5, 0.6) is 0 Å². The molecule has 3 N–H and O–H groups in total. The molecule has 1 aliphatic heterocycles. The van der Waals surface area contributed by atoms with Gasteiger partial charge in [-0.2, -0.15) is 0 Å². The van der Waals surface area contributed by atoms with E-state index in [0.29, 0.717) is 12.0 Å². The summed E-state index contributed by atoms with van der Waals surface area (Å²) < 4.78 is 0. The minimum Gasteiger partial charge on any atom is -0.395 e. The highest BCUT2D eigenvalue weighted by molar-refractivity contribution is 4.83. The van der Waals surface area contributed by atoms with Crippen LogP contribution in [-0.4, -0.2) is 36.9 Å². The zero-order valence-electron chi connectivity index (χ0n) is 7.30. The second-order valence-electron chi connectivity index (χ2n) is 3.55. The van der Waals surface area contributed by atoms with E-state index in [-0.39, 0.29) is 12.6 Å². The van der Waals surface area contributed by atoms with Gasteiger partial charge in [-0.3, -0.25) is 0 Å². The normalized spacial score (nSPS) is 32.7. The highest BCUT2D eigenvalue weighted by Crippen LogP contribution is 2.03. The van der Waals surface area contributed by atoms with Crippen molar-refractivity contribution >= 4 is 0 Å². The second-order valence-corrected chi connectivity index (χ2v) is 3.55. The van der Waals surface area contributed by atoms with Gasteiger partial charge in [0.1, 0.15) is 0 Å². The van der Waals surface area contributed by atoms with E-state index in [1.807, 2.05) is 0 Å². The predicted molar refractivity (Wildman–Crippen MR) is 45.5 cm³/mol. The lowest BCUT2D eigenvalue weighted by Gasteiger charge is -2.32. The van der Waals surface area contributed by atoms with Crippen molar-refractivity contribution in [3.63, 3.8) is 0 Å². The highest BCUT2D eigenvalue weighted by Gasteiger charge is 2.20. The number of piperazine rings is 1. The molecule has 1 saturated heterocycles. The lowest BCUT2D eigenvalue weighted by Crippen LogP contribution is -2.57. The van der Waals surface area contributed by atoms with Crippen LogP contribution in [0.25, 0.3) is 0 Å². The highest BCUT2D eigenvalue weighted by atomic mass is 16.3. The van der Waals surface area contributed by atoms with Gasteiger partial charge in [-0.1, -0.05) is 13.8 Å². The molecule has 0 bridgehead atoms. The minimum atomic E-state index is 0.234. The van der Waals surface area contributed by atoms with Crippen LogP contribution in [0.4, 0.5) is 0 Å². The van der Waals surface area contributed by atoms with E-state index in [1.54, 1.807) is 0 Å². The second kappa shape index (κ2) is 4.04. The molecule has 1 heterocycles. The van der Waals surface area contributed by atoms with E-state index in [4.69, 9.17) is 5.11 Å². The van der Waals surface area contributed by atoms with Crippen molar-refractivity contribution in [3.8, 4) is 0 Å². The number of rotatable bonds is 2. The molecule has 1 rings (SSSR count). The van der Waals surface area contributed by atoms with E-state index in [1.165, 1.54) is 0 Å². The van der Waals surface area contributed by atoms with Gasteiger partial charge in [-0.05, 0) is 5.92 Å². The Balaban J connectivity index is 2.24. The van der Waals surface area contributed by atoms with Gasteiger partial charge in [0.25, 0.3) is 0 Å². The lowest BCUT2D eigenvalue weighted by atomic mass is 10.0. The maximum absolute atomic E-state index is 8.81. The number of nitrogens with one attached hydrogen (secondary N) is 2. The summed E-state index contributed by atoms with van der Waals surface area (Å²) in [7, 11) is 0. The van der Waals surface area contributed by atoms with Crippen LogP contribution in [0, 0.1) is 5.92 Å². The third-order valence-electron chi connectivity index (χ3n) is 2.28. The molecule has 0 saturated carbocycles. The summed E-state index contributed by atoms with van der Waals surface area (Å²) in [6.45, 7) is 6.51. The lowest BCUT2D eigenvalue weighted by molar-refractivity contribution is 0.200. The topological polar surface area (TPSA) is 44.3 Å². The zero-order chi connectivity index (χ0) is 8.27. The van der Waals surface area contributed by atoms with Gasteiger partial charge in [0.05, 0.1) is 6.61 Å². The molecule has 0 radical (unpaired) electrons. The standard InChI is InChI=1S/C8H18N2O/c1-6(2)8-4-9-7(5-11)3-10-8/h6-11H,3-5H2,1-2H3. The van der Waals surface area contributed by atoms with E-state index in [9.17, 15) is 0 Å². The number of hydrogen-bond acceptors (Lipinski definition) is 3. The van der Waals surface area contributed by atoms with Gasteiger partial charge in [0.15, 0.2) is 0 Å². The molecular weight excluding hydrogens is 140 g/mol. The number of hydrogen-bond donors (Lipinski definition) is 3. The molecule has 0 aromatic rings. The Kier molecular flexibility index (Phi) is 3.30. The van der Waals surface area contributed by atoms with Crippen LogP contribution >= 0.6 is 0 Å². The molecule has 1 fully saturated rings. The van der Waals surface area contributed by atoms with Crippen molar-refractivity contribution in [2.45, 2.75) is 25.9 Å². The average Bonchev–Trinajstić information content (AvgIpc) is 2.05.